The minimum atomic E-state index is -0.356. The van der Waals surface area contributed by atoms with Crippen LogP contribution in [0.2, 0.25) is 0 Å². The molecule has 0 aliphatic heterocycles. The summed E-state index contributed by atoms with van der Waals surface area (Å²) in [5.74, 6) is -0.506. The van der Waals surface area contributed by atoms with E-state index in [9.17, 15) is 9.18 Å². The number of halogens is 1. The molecule has 1 atom stereocenters. The van der Waals surface area contributed by atoms with Gasteiger partial charge < -0.3 is 4.90 Å². The van der Waals surface area contributed by atoms with E-state index in [4.69, 9.17) is 0 Å². The number of hydrogen-bond acceptors (Lipinski definition) is 3. The highest BCUT2D eigenvalue weighted by molar-refractivity contribution is 5.94. The molecule has 0 spiro atoms. The molecule has 0 saturated carbocycles. The van der Waals surface area contributed by atoms with Crippen molar-refractivity contribution in [1.29, 1.82) is 0 Å². The van der Waals surface area contributed by atoms with Crippen molar-refractivity contribution < 1.29 is 9.18 Å². The van der Waals surface area contributed by atoms with Crippen molar-refractivity contribution in [3.63, 3.8) is 0 Å². The second-order valence-corrected chi connectivity index (χ2v) is 5.53. The zero-order valence-electron chi connectivity index (χ0n) is 13.4. The van der Waals surface area contributed by atoms with E-state index < -0.39 is 0 Å². The lowest BCUT2D eigenvalue weighted by Crippen LogP contribution is -2.29. The van der Waals surface area contributed by atoms with Gasteiger partial charge in [-0.1, -0.05) is 12.1 Å². The molecule has 0 aliphatic carbocycles. The summed E-state index contributed by atoms with van der Waals surface area (Å²) in [4.78, 5) is 18.1. The summed E-state index contributed by atoms with van der Waals surface area (Å²) in [7, 11) is 1.74. The van der Waals surface area contributed by atoms with E-state index in [1.807, 2.05) is 31.2 Å². The first kappa shape index (κ1) is 15.9. The van der Waals surface area contributed by atoms with Crippen LogP contribution in [0.5, 0.6) is 0 Å². The number of rotatable bonds is 4. The third-order valence-corrected chi connectivity index (χ3v) is 4.05. The molecule has 1 heterocycles. The molecule has 3 rings (SSSR count). The highest BCUT2D eigenvalue weighted by Crippen LogP contribution is 2.22. The quantitative estimate of drug-likeness (QED) is 0.740. The second kappa shape index (κ2) is 6.62. The van der Waals surface area contributed by atoms with Crippen molar-refractivity contribution in [1.82, 2.24) is 19.7 Å². The predicted octanol–water partition coefficient (Wildman–Crippen LogP) is 3.24. The largest absolute Gasteiger partial charge is 0.335 e. The molecular weight excluding hydrogens is 307 g/mol. The van der Waals surface area contributed by atoms with E-state index in [2.05, 4.69) is 10.1 Å². The van der Waals surface area contributed by atoms with Gasteiger partial charge in [0.05, 0.1) is 11.7 Å². The summed E-state index contributed by atoms with van der Waals surface area (Å²) in [5, 5.41) is 4.08. The Morgan fingerprint density at radius 3 is 2.38 bits per heavy atom. The summed E-state index contributed by atoms with van der Waals surface area (Å²) in [6.45, 7) is 1.95. The minimum Gasteiger partial charge on any atom is -0.335 e. The van der Waals surface area contributed by atoms with Crippen molar-refractivity contribution in [2.45, 2.75) is 13.0 Å². The van der Waals surface area contributed by atoms with Crippen LogP contribution in [0.15, 0.2) is 61.2 Å². The highest BCUT2D eigenvalue weighted by Gasteiger charge is 2.19. The first-order valence-corrected chi connectivity index (χ1v) is 7.54. The first-order valence-electron chi connectivity index (χ1n) is 7.54. The van der Waals surface area contributed by atoms with Gasteiger partial charge in [-0.15, -0.1) is 0 Å². The Hall–Kier alpha value is -3.02. The van der Waals surface area contributed by atoms with Crippen LogP contribution in [-0.2, 0) is 0 Å². The SMILES string of the molecule is CC(c1ccc(-n2cncn2)cc1)N(C)C(=O)c1ccc(F)cc1. The van der Waals surface area contributed by atoms with E-state index in [0.717, 1.165) is 11.3 Å². The molecule has 0 bridgehead atoms. The molecular formula is C18H17FN4O. The minimum absolute atomic E-state index is 0.118. The third-order valence-electron chi connectivity index (χ3n) is 4.05. The summed E-state index contributed by atoms with van der Waals surface area (Å²) in [6, 6.07) is 13.2. The van der Waals surface area contributed by atoms with Gasteiger partial charge in [0.1, 0.15) is 18.5 Å². The summed E-state index contributed by atoms with van der Waals surface area (Å²) < 4.78 is 14.7. The van der Waals surface area contributed by atoms with Gasteiger partial charge in [0.15, 0.2) is 0 Å². The van der Waals surface area contributed by atoms with Gasteiger partial charge >= 0.3 is 0 Å². The highest BCUT2D eigenvalue weighted by atomic mass is 19.1. The lowest BCUT2D eigenvalue weighted by molar-refractivity contribution is 0.0742. The van der Waals surface area contributed by atoms with Gasteiger partial charge in [0.25, 0.3) is 5.91 Å². The van der Waals surface area contributed by atoms with Gasteiger partial charge in [-0.3, -0.25) is 4.79 Å². The Bertz CT molecular complexity index is 813. The number of carbonyl (C=O) groups is 1. The summed E-state index contributed by atoms with van der Waals surface area (Å²) in [6.07, 6.45) is 3.11. The Kier molecular flexibility index (Phi) is 4.37. The van der Waals surface area contributed by atoms with Gasteiger partial charge in [0, 0.05) is 12.6 Å². The smallest absolute Gasteiger partial charge is 0.254 e. The van der Waals surface area contributed by atoms with E-state index in [1.54, 1.807) is 23.0 Å². The Morgan fingerprint density at radius 1 is 1.12 bits per heavy atom. The molecule has 122 valence electrons. The number of nitrogens with zero attached hydrogens (tertiary/aromatic N) is 4. The lowest BCUT2D eigenvalue weighted by Gasteiger charge is -2.25. The van der Waals surface area contributed by atoms with Crippen LogP contribution in [0.1, 0.15) is 28.9 Å². The van der Waals surface area contributed by atoms with E-state index in [-0.39, 0.29) is 17.8 Å². The van der Waals surface area contributed by atoms with Crippen molar-refractivity contribution in [3.8, 4) is 5.69 Å². The monoisotopic (exact) mass is 324 g/mol. The molecule has 0 saturated heterocycles. The van der Waals surface area contributed by atoms with Crippen molar-refractivity contribution in [3.05, 3.63) is 78.1 Å². The first-order chi connectivity index (χ1) is 11.6. The third kappa shape index (κ3) is 3.17. The zero-order valence-corrected chi connectivity index (χ0v) is 13.4. The molecule has 2 aromatic carbocycles. The van der Waals surface area contributed by atoms with Crippen molar-refractivity contribution in [2.24, 2.45) is 0 Å². The molecule has 1 aromatic heterocycles. The molecule has 3 aromatic rings. The maximum absolute atomic E-state index is 13.0. The molecule has 1 amide bonds. The van der Waals surface area contributed by atoms with Crippen LogP contribution in [0.4, 0.5) is 4.39 Å². The fourth-order valence-corrected chi connectivity index (χ4v) is 2.44. The number of amides is 1. The Morgan fingerprint density at radius 2 is 1.79 bits per heavy atom. The Balaban J connectivity index is 1.76. The number of carbonyl (C=O) groups excluding carboxylic acids is 1. The van der Waals surface area contributed by atoms with Crippen LogP contribution in [0.3, 0.4) is 0 Å². The van der Waals surface area contributed by atoms with Gasteiger partial charge in [-0.2, -0.15) is 5.10 Å². The fraction of sp³-hybridized carbons (Fsp3) is 0.167. The molecule has 6 heteroatoms. The molecule has 0 fully saturated rings. The van der Waals surface area contributed by atoms with E-state index in [0.29, 0.717) is 5.56 Å². The normalized spacial score (nSPS) is 12.0. The summed E-state index contributed by atoms with van der Waals surface area (Å²) in [5.41, 5.74) is 2.36. The van der Waals surface area contributed by atoms with Gasteiger partial charge in [-0.25, -0.2) is 14.1 Å². The molecule has 0 radical (unpaired) electrons. The van der Waals surface area contributed by atoms with E-state index >= 15 is 0 Å². The fourth-order valence-electron chi connectivity index (χ4n) is 2.44. The molecule has 1 unspecified atom stereocenters. The molecule has 24 heavy (non-hydrogen) atoms. The van der Waals surface area contributed by atoms with Crippen molar-refractivity contribution >= 4 is 5.91 Å². The molecule has 0 aliphatic rings. The predicted molar refractivity (Wildman–Crippen MR) is 88.3 cm³/mol. The average Bonchev–Trinajstić information content (AvgIpc) is 3.15. The second-order valence-electron chi connectivity index (χ2n) is 5.53. The number of benzene rings is 2. The molecule has 5 nitrogen and oxygen atoms in total. The van der Waals surface area contributed by atoms with Crippen LogP contribution >= 0.6 is 0 Å². The van der Waals surface area contributed by atoms with Crippen LogP contribution < -0.4 is 0 Å². The molecule has 0 N–H and O–H groups in total. The van der Waals surface area contributed by atoms with Crippen LogP contribution in [-0.4, -0.2) is 32.6 Å². The van der Waals surface area contributed by atoms with Gasteiger partial charge in [-0.05, 0) is 48.9 Å². The lowest BCUT2D eigenvalue weighted by atomic mass is 10.1. The van der Waals surface area contributed by atoms with E-state index in [1.165, 1.54) is 30.6 Å². The van der Waals surface area contributed by atoms with Crippen molar-refractivity contribution in [2.75, 3.05) is 7.05 Å². The topological polar surface area (TPSA) is 51.0 Å². The summed E-state index contributed by atoms with van der Waals surface area (Å²) >= 11 is 0. The van der Waals surface area contributed by atoms with Gasteiger partial charge in [0.2, 0.25) is 0 Å². The van der Waals surface area contributed by atoms with Crippen LogP contribution in [0.25, 0.3) is 5.69 Å². The maximum Gasteiger partial charge on any atom is 0.254 e. The Labute approximate surface area is 139 Å². The van der Waals surface area contributed by atoms with Crippen LogP contribution in [0, 0.1) is 5.82 Å². The standard InChI is InChI=1S/C18H17FN4O/c1-13(22(2)18(24)15-3-7-16(19)8-4-15)14-5-9-17(10-6-14)23-12-20-11-21-23/h3-13H,1-2H3. The maximum atomic E-state index is 13.0. The average molecular weight is 324 g/mol. The number of hydrogen-bond donors (Lipinski definition) is 0. The zero-order chi connectivity index (χ0) is 17.1. The number of aromatic nitrogens is 3.